The van der Waals surface area contributed by atoms with Crippen LogP contribution in [0.5, 0.6) is 5.75 Å². The number of aliphatic hydroxyl groups is 1. The zero-order valence-corrected chi connectivity index (χ0v) is 16.3. The Hall–Kier alpha value is -2.93. The van der Waals surface area contributed by atoms with Crippen LogP contribution in [-0.4, -0.2) is 37.8 Å². The van der Waals surface area contributed by atoms with E-state index in [1.54, 1.807) is 23.0 Å². The summed E-state index contributed by atoms with van der Waals surface area (Å²) in [6, 6.07) is 7.55. The van der Waals surface area contributed by atoms with E-state index in [4.69, 9.17) is 9.84 Å². The minimum absolute atomic E-state index is 0.0419. The van der Waals surface area contributed by atoms with Gasteiger partial charge in [0.2, 0.25) is 0 Å². The van der Waals surface area contributed by atoms with E-state index in [0.717, 1.165) is 22.4 Å². The Morgan fingerprint density at radius 2 is 2.21 bits per heavy atom. The highest BCUT2D eigenvalue weighted by atomic mass is 16.5. The molecule has 1 aromatic carbocycles. The summed E-state index contributed by atoms with van der Waals surface area (Å²) in [6.45, 7) is 6.11. The number of nitrogens with one attached hydrogen (secondary N) is 1. The van der Waals surface area contributed by atoms with Crippen molar-refractivity contribution in [3.05, 3.63) is 59.0 Å². The highest BCUT2D eigenvalue weighted by Gasteiger charge is 2.35. The molecule has 4 rings (SSSR count). The molecule has 0 saturated heterocycles. The fraction of sp³-hybridized carbons (Fsp3) is 0.381. The van der Waals surface area contributed by atoms with Gasteiger partial charge in [0, 0.05) is 37.1 Å². The van der Waals surface area contributed by atoms with E-state index in [1.807, 2.05) is 39.0 Å². The van der Waals surface area contributed by atoms with Crippen LogP contribution in [0.2, 0.25) is 0 Å². The summed E-state index contributed by atoms with van der Waals surface area (Å²) < 4.78 is 7.67. The van der Waals surface area contributed by atoms with Crippen LogP contribution in [0.25, 0.3) is 5.65 Å². The molecule has 1 atom stereocenters. The van der Waals surface area contributed by atoms with Gasteiger partial charge in [0.05, 0.1) is 6.04 Å². The normalized spacial score (nSPS) is 17.8. The fourth-order valence-electron chi connectivity index (χ4n) is 3.60. The lowest BCUT2D eigenvalue weighted by Gasteiger charge is -2.38. The van der Waals surface area contributed by atoms with E-state index in [-0.39, 0.29) is 24.2 Å². The van der Waals surface area contributed by atoms with E-state index in [0.29, 0.717) is 24.2 Å². The Morgan fingerprint density at radius 1 is 1.39 bits per heavy atom. The Balaban J connectivity index is 1.60. The van der Waals surface area contributed by atoms with Gasteiger partial charge in [-0.2, -0.15) is 5.10 Å². The number of nitrogens with zero attached hydrogens (tertiary/aromatic N) is 3. The molecule has 146 valence electrons. The van der Waals surface area contributed by atoms with Crippen molar-refractivity contribution in [1.82, 2.24) is 19.9 Å². The lowest BCUT2D eigenvalue weighted by Crippen LogP contribution is -2.41. The summed E-state index contributed by atoms with van der Waals surface area (Å²) >= 11 is 0. The highest BCUT2D eigenvalue weighted by Crippen LogP contribution is 2.40. The number of ether oxygens (including phenoxy) is 1. The highest BCUT2D eigenvalue weighted by molar-refractivity contribution is 5.93. The average Bonchev–Trinajstić information content (AvgIpc) is 3.04. The Kier molecular flexibility index (Phi) is 4.55. The van der Waals surface area contributed by atoms with E-state index >= 15 is 0 Å². The van der Waals surface area contributed by atoms with Crippen LogP contribution in [0.4, 0.5) is 0 Å². The van der Waals surface area contributed by atoms with Crippen LogP contribution in [-0.2, 0) is 6.42 Å². The van der Waals surface area contributed by atoms with Gasteiger partial charge in [0.25, 0.3) is 5.91 Å². The smallest absolute Gasteiger partial charge is 0.272 e. The number of hydrogen-bond donors (Lipinski definition) is 2. The molecule has 0 saturated carbocycles. The maximum Gasteiger partial charge on any atom is 0.272 e. The van der Waals surface area contributed by atoms with Crippen molar-refractivity contribution in [2.75, 3.05) is 6.61 Å². The first-order chi connectivity index (χ1) is 13.3. The zero-order valence-electron chi connectivity index (χ0n) is 16.3. The third kappa shape index (κ3) is 3.57. The number of fused-ring (bicyclic) bond motifs is 2. The summed E-state index contributed by atoms with van der Waals surface area (Å²) in [5.41, 5.74) is 3.48. The third-order valence-electron chi connectivity index (χ3n) is 4.93. The maximum atomic E-state index is 12.9. The number of aliphatic hydroxyl groups excluding tert-OH is 1. The SMILES string of the molecule is Cc1ccc2c(c1)OC(C)(C)C[C@H]2NC(=O)c1cc2ncc(CCO)cn2n1. The van der Waals surface area contributed by atoms with E-state index < -0.39 is 0 Å². The van der Waals surface area contributed by atoms with Crippen LogP contribution < -0.4 is 10.1 Å². The molecule has 7 nitrogen and oxygen atoms in total. The standard InChI is InChI=1S/C21H24N4O3/c1-13-4-5-15-17(10-21(2,3)28-18(15)8-13)23-20(27)16-9-19-22-11-14(6-7-26)12-25(19)24-16/h4-5,8-9,11-12,17,26H,6-7,10H2,1-3H3,(H,23,27)/t17-/m1/s1. The Bertz CT molecular complexity index is 1040. The number of aryl methyl sites for hydroxylation is 1. The van der Waals surface area contributed by atoms with Gasteiger partial charge in [-0.05, 0) is 44.4 Å². The second kappa shape index (κ2) is 6.91. The van der Waals surface area contributed by atoms with Crippen molar-refractivity contribution < 1.29 is 14.6 Å². The van der Waals surface area contributed by atoms with Crippen LogP contribution >= 0.6 is 0 Å². The lowest BCUT2D eigenvalue weighted by molar-refractivity contribution is 0.0617. The summed E-state index contributed by atoms with van der Waals surface area (Å²) in [5, 5.41) is 16.5. The molecule has 1 aliphatic rings. The molecule has 0 radical (unpaired) electrons. The number of rotatable bonds is 4. The van der Waals surface area contributed by atoms with E-state index in [1.165, 1.54) is 0 Å². The second-order valence-electron chi connectivity index (χ2n) is 7.90. The molecule has 7 heteroatoms. The van der Waals surface area contributed by atoms with Crippen molar-refractivity contribution in [1.29, 1.82) is 0 Å². The molecule has 28 heavy (non-hydrogen) atoms. The summed E-state index contributed by atoms with van der Waals surface area (Å²) in [7, 11) is 0. The third-order valence-corrected chi connectivity index (χ3v) is 4.93. The van der Waals surface area contributed by atoms with Crippen LogP contribution in [0, 0.1) is 6.92 Å². The Morgan fingerprint density at radius 3 is 3.00 bits per heavy atom. The lowest BCUT2D eigenvalue weighted by atomic mass is 9.89. The molecule has 0 aliphatic carbocycles. The van der Waals surface area contributed by atoms with Gasteiger partial charge in [0.15, 0.2) is 11.3 Å². The van der Waals surface area contributed by atoms with Crippen molar-refractivity contribution in [3.63, 3.8) is 0 Å². The van der Waals surface area contributed by atoms with E-state index in [2.05, 4.69) is 15.4 Å². The fourth-order valence-corrected chi connectivity index (χ4v) is 3.60. The monoisotopic (exact) mass is 380 g/mol. The van der Waals surface area contributed by atoms with Crippen LogP contribution in [0.1, 0.15) is 53.5 Å². The van der Waals surface area contributed by atoms with Gasteiger partial charge in [0.1, 0.15) is 11.4 Å². The number of amides is 1. The number of hydrogen-bond acceptors (Lipinski definition) is 5. The van der Waals surface area contributed by atoms with Gasteiger partial charge >= 0.3 is 0 Å². The molecular weight excluding hydrogens is 356 g/mol. The molecule has 1 amide bonds. The quantitative estimate of drug-likeness (QED) is 0.726. The van der Waals surface area contributed by atoms with Gasteiger partial charge in [-0.3, -0.25) is 4.79 Å². The molecule has 3 heterocycles. The van der Waals surface area contributed by atoms with Crippen molar-refractivity contribution >= 4 is 11.6 Å². The molecule has 0 bridgehead atoms. The zero-order chi connectivity index (χ0) is 19.9. The first-order valence-corrected chi connectivity index (χ1v) is 9.40. The predicted octanol–water partition coefficient (Wildman–Crippen LogP) is 2.60. The number of carbonyl (C=O) groups is 1. The van der Waals surface area contributed by atoms with Crippen molar-refractivity contribution in [3.8, 4) is 5.75 Å². The summed E-state index contributed by atoms with van der Waals surface area (Å²) in [5.74, 6) is 0.565. The molecular formula is C21H24N4O3. The maximum absolute atomic E-state index is 12.9. The second-order valence-corrected chi connectivity index (χ2v) is 7.90. The molecule has 0 fully saturated rings. The molecule has 3 aromatic rings. The largest absolute Gasteiger partial charge is 0.487 e. The molecule has 2 N–H and O–H groups in total. The van der Waals surface area contributed by atoms with Gasteiger partial charge < -0.3 is 15.2 Å². The van der Waals surface area contributed by atoms with Crippen molar-refractivity contribution in [2.45, 2.75) is 45.3 Å². The van der Waals surface area contributed by atoms with Crippen molar-refractivity contribution in [2.24, 2.45) is 0 Å². The number of aromatic nitrogens is 3. The van der Waals surface area contributed by atoms with Gasteiger partial charge in [-0.25, -0.2) is 9.50 Å². The average molecular weight is 380 g/mol. The summed E-state index contributed by atoms with van der Waals surface area (Å²) in [6.07, 6.45) is 4.64. The first-order valence-electron chi connectivity index (χ1n) is 9.40. The summed E-state index contributed by atoms with van der Waals surface area (Å²) in [4.78, 5) is 17.2. The van der Waals surface area contributed by atoms with Crippen LogP contribution in [0.15, 0.2) is 36.7 Å². The topological polar surface area (TPSA) is 88.8 Å². The van der Waals surface area contributed by atoms with E-state index in [9.17, 15) is 4.79 Å². The Labute approximate surface area is 163 Å². The molecule has 0 spiro atoms. The number of benzene rings is 1. The van der Waals surface area contributed by atoms with Gasteiger partial charge in [-0.15, -0.1) is 0 Å². The molecule has 1 aliphatic heterocycles. The number of carbonyl (C=O) groups excluding carboxylic acids is 1. The molecule has 0 unspecified atom stereocenters. The predicted molar refractivity (Wildman–Crippen MR) is 104 cm³/mol. The minimum atomic E-state index is -0.377. The molecule has 2 aromatic heterocycles. The minimum Gasteiger partial charge on any atom is -0.487 e. The van der Waals surface area contributed by atoms with Crippen LogP contribution in [0.3, 0.4) is 0 Å². The first kappa shape index (κ1) is 18.4. The van der Waals surface area contributed by atoms with Gasteiger partial charge in [-0.1, -0.05) is 12.1 Å².